The minimum atomic E-state index is -0.401. The van der Waals surface area contributed by atoms with Gasteiger partial charge in [0.05, 0.1) is 34.7 Å². The van der Waals surface area contributed by atoms with Gasteiger partial charge in [0.2, 0.25) is 5.95 Å². The summed E-state index contributed by atoms with van der Waals surface area (Å²) < 4.78 is 6.71. The van der Waals surface area contributed by atoms with Gasteiger partial charge in [-0.05, 0) is 92.8 Å². The molecule has 0 spiro atoms. The van der Waals surface area contributed by atoms with Gasteiger partial charge in [-0.25, -0.2) is 4.98 Å². The van der Waals surface area contributed by atoms with Crippen LogP contribution < -0.4 is 25.6 Å². The molecule has 2 aliphatic heterocycles. The van der Waals surface area contributed by atoms with E-state index in [0.29, 0.717) is 17.8 Å². The van der Waals surface area contributed by atoms with E-state index in [-0.39, 0.29) is 0 Å². The number of methoxy groups -OCH3 is 1. The molecule has 0 radical (unpaired) electrons. The van der Waals surface area contributed by atoms with Crippen molar-refractivity contribution in [1.82, 2.24) is 24.8 Å². The highest BCUT2D eigenvalue weighted by Gasteiger charge is 2.27. The monoisotopic (exact) mass is 704 g/mol. The number of halogens is 1. The summed E-state index contributed by atoms with van der Waals surface area (Å²) in [5.41, 5.74) is 5.38. The Kier molecular flexibility index (Phi) is 10.6. The molecule has 0 atom stereocenters. The molecule has 0 aliphatic carbocycles. The highest BCUT2D eigenvalue weighted by Crippen LogP contribution is 2.38. The SMILES string of the molecule is CCc1cc(Nc2ncc(Br)c(Nc3cnc4ccccc4c3P(C)C)n2)c(OC)cc1N1CCC(N2CCCN(C)CC2)CC1. The fraction of sp³-hybridized carbons (Fsp3) is 0.457. The summed E-state index contributed by atoms with van der Waals surface area (Å²) in [6.45, 7) is 13.7. The number of rotatable bonds is 9. The zero-order valence-corrected chi connectivity index (χ0v) is 30.2. The molecular weight excluding hydrogens is 659 g/mol. The van der Waals surface area contributed by atoms with Crippen LogP contribution in [0.1, 0.15) is 31.7 Å². The van der Waals surface area contributed by atoms with Crippen molar-refractivity contribution in [3.63, 3.8) is 0 Å². The van der Waals surface area contributed by atoms with E-state index < -0.39 is 7.92 Å². The molecule has 2 aromatic heterocycles. The largest absolute Gasteiger partial charge is 0.494 e. The van der Waals surface area contributed by atoms with E-state index >= 15 is 0 Å². The second kappa shape index (κ2) is 14.8. The van der Waals surface area contributed by atoms with Gasteiger partial charge in [0.1, 0.15) is 11.6 Å². The van der Waals surface area contributed by atoms with E-state index in [9.17, 15) is 0 Å². The molecule has 6 rings (SSSR count). The highest BCUT2D eigenvalue weighted by molar-refractivity contribution is 9.10. The van der Waals surface area contributed by atoms with Crippen molar-refractivity contribution in [2.75, 3.05) is 82.3 Å². The maximum absolute atomic E-state index is 5.93. The molecule has 2 aromatic carbocycles. The maximum atomic E-state index is 5.93. The van der Waals surface area contributed by atoms with Crippen LogP contribution in [0.5, 0.6) is 5.75 Å². The highest BCUT2D eigenvalue weighted by atomic mass is 79.9. The molecule has 0 saturated carbocycles. The van der Waals surface area contributed by atoms with Crippen LogP contribution in [0.15, 0.2) is 53.3 Å². The van der Waals surface area contributed by atoms with E-state index in [1.54, 1.807) is 13.3 Å². The normalized spacial score (nSPS) is 17.0. The number of ether oxygens (including phenoxy) is 1. The second-order valence-electron chi connectivity index (χ2n) is 12.5. The number of likely N-dealkylation sites (N-methyl/N-ethyl adjacent to an activating group) is 1. The molecule has 2 aliphatic rings. The topological polar surface area (TPSA) is 81.7 Å². The van der Waals surface area contributed by atoms with Crippen LogP contribution in [0.2, 0.25) is 0 Å². The minimum Gasteiger partial charge on any atom is -0.494 e. The molecule has 0 unspecified atom stereocenters. The van der Waals surface area contributed by atoms with Crippen molar-refractivity contribution in [3.05, 3.63) is 58.8 Å². The Bertz CT molecular complexity index is 1660. The van der Waals surface area contributed by atoms with E-state index in [0.717, 1.165) is 46.6 Å². The number of aryl methyl sites for hydroxylation is 1. The Morgan fingerprint density at radius 2 is 1.76 bits per heavy atom. The third-order valence-electron chi connectivity index (χ3n) is 9.30. The molecule has 4 heterocycles. The van der Waals surface area contributed by atoms with Gasteiger partial charge in [0.15, 0.2) is 0 Å². The van der Waals surface area contributed by atoms with Crippen LogP contribution in [0.4, 0.5) is 28.8 Å². The number of benzene rings is 2. The van der Waals surface area contributed by atoms with E-state index in [1.165, 1.54) is 67.4 Å². The Hall–Kier alpha value is -3.04. The van der Waals surface area contributed by atoms with Gasteiger partial charge in [-0.1, -0.05) is 33.0 Å². The number of nitrogens with zero attached hydrogens (tertiary/aromatic N) is 6. The molecular formula is C35H46BrN8OP. The van der Waals surface area contributed by atoms with Gasteiger partial charge >= 0.3 is 0 Å². The zero-order chi connectivity index (χ0) is 32.2. The van der Waals surface area contributed by atoms with Crippen LogP contribution in [0.25, 0.3) is 10.9 Å². The number of hydrogen-bond donors (Lipinski definition) is 2. The number of piperidine rings is 1. The number of aromatic nitrogens is 3. The van der Waals surface area contributed by atoms with E-state index in [1.807, 2.05) is 12.3 Å². The fourth-order valence-corrected chi connectivity index (χ4v) is 8.38. The lowest BCUT2D eigenvalue weighted by molar-refractivity contribution is 0.174. The van der Waals surface area contributed by atoms with Crippen molar-refractivity contribution in [2.24, 2.45) is 0 Å². The van der Waals surface area contributed by atoms with Crippen molar-refractivity contribution in [2.45, 2.75) is 38.6 Å². The van der Waals surface area contributed by atoms with Crippen LogP contribution in [0, 0.1) is 0 Å². The quantitative estimate of drug-likeness (QED) is 0.183. The van der Waals surface area contributed by atoms with Gasteiger partial charge in [-0.3, -0.25) is 9.88 Å². The predicted octanol–water partition coefficient (Wildman–Crippen LogP) is 6.82. The third-order valence-corrected chi connectivity index (χ3v) is 11.3. The molecule has 0 bridgehead atoms. The Balaban J connectivity index is 1.20. The van der Waals surface area contributed by atoms with Gasteiger partial charge < -0.3 is 25.2 Å². The van der Waals surface area contributed by atoms with Gasteiger partial charge in [0.25, 0.3) is 0 Å². The van der Waals surface area contributed by atoms with Gasteiger partial charge in [-0.15, -0.1) is 0 Å². The molecule has 2 saturated heterocycles. The fourth-order valence-electron chi connectivity index (χ4n) is 6.82. The number of nitrogens with one attached hydrogen (secondary N) is 2. The van der Waals surface area contributed by atoms with Crippen molar-refractivity contribution < 1.29 is 4.74 Å². The summed E-state index contributed by atoms with van der Waals surface area (Å²) in [6, 6.07) is 13.4. The van der Waals surface area contributed by atoms with Crippen LogP contribution >= 0.6 is 23.9 Å². The maximum Gasteiger partial charge on any atom is 0.229 e. The minimum absolute atomic E-state index is 0.401. The summed E-state index contributed by atoms with van der Waals surface area (Å²) in [6.07, 6.45) is 8.28. The first kappa shape index (κ1) is 32.9. The third kappa shape index (κ3) is 7.25. The summed E-state index contributed by atoms with van der Waals surface area (Å²) >= 11 is 3.66. The van der Waals surface area contributed by atoms with Gasteiger partial charge in [-0.2, -0.15) is 4.98 Å². The van der Waals surface area contributed by atoms with Gasteiger partial charge in [0, 0.05) is 60.9 Å². The molecule has 11 heteroatoms. The summed E-state index contributed by atoms with van der Waals surface area (Å²) in [7, 11) is 3.58. The smallest absolute Gasteiger partial charge is 0.229 e. The number of fused-ring (bicyclic) bond motifs is 1. The molecule has 244 valence electrons. The lowest BCUT2D eigenvalue weighted by Gasteiger charge is -2.40. The summed E-state index contributed by atoms with van der Waals surface area (Å²) in [4.78, 5) is 21.9. The predicted molar refractivity (Wildman–Crippen MR) is 198 cm³/mol. The average molecular weight is 706 g/mol. The number of pyridine rings is 1. The molecule has 4 aromatic rings. The molecule has 2 fully saturated rings. The summed E-state index contributed by atoms with van der Waals surface area (Å²) in [5, 5.41) is 9.45. The first-order valence-corrected chi connectivity index (χ1v) is 19.4. The Labute approximate surface area is 283 Å². The number of para-hydroxylation sites is 1. The van der Waals surface area contributed by atoms with Crippen molar-refractivity contribution in [3.8, 4) is 5.75 Å². The average Bonchev–Trinajstić information content (AvgIpc) is 3.30. The van der Waals surface area contributed by atoms with E-state index in [2.05, 4.69) is 104 Å². The summed E-state index contributed by atoms with van der Waals surface area (Å²) in [5.74, 6) is 1.96. The molecule has 2 N–H and O–H groups in total. The van der Waals surface area contributed by atoms with Crippen LogP contribution in [0.3, 0.4) is 0 Å². The number of hydrogen-bond acceptors (Lipinski definition) is 9. The first-order valence-electron chi connectivity index (χ1n) is 16.3. The van der Waals surface area contributed by atoms with Crippen LogP contribution in [-0.4, -0.2) is 97.5 Å². The standard InChI is InChI=1S/C35H46BrN8OP/c1-6-24-20-29(32(45-3)21-31(24)44-16-12-25(13-17-44)43-15-9-14-42(2)18-19-43)40-35-38-22-27(36)34(41-35)39-30-23-37-28-11-8-7-10-26(28)33(30)46(4)5/h7-8,10-11,20-23,25H,6,9,12-19H2,1-5H3,(H2,38,39,40,41). The van der Waals surface area contributed by atoms with Crippen molar-refractivity contribution in [1.29, 1.82) is 0 Å². The molecule has 0 amide bonds. The number of anilines is 5. The van der Waals surface area contributed by atoms with E-state index in [4.69, 9.17) is 14.7 Å². The second-order valence-corrected chi connectivity index (χ2v) is 15.6. The molecule has 9 nitrogen and oxygen atoms in total. The first-order chi connectivity index (χ1) is 22.3. The van der Waals surface area contributed by atoms with Crippen molar-refractivity contribution >= 4 is 68.9 Å². The Morgan fingerprint density at radius 1 is 0.957 bits per heavy atom. The lowest BCUT2D eigenvalue weighted by Crippen LogP contribution is -2.46. The van der Waals surface area contributed by atoms with Crippen LogP contribution in [-0.2, 0) is 6.42 Å². The zero-order valence-electron chi connectivity index (χ0n) is 27.7. The lowest BCUT2D eigenvalue weighted by atomic mass is 10.00. The molecule has 46 heavy (non-hydrogen) atoms. The Morgan fingerprint density at radius 3 is 2.52 bits per heavy atom.